The lowest BCUT2D eigenvalue weighted by Gasteiger charge is -2.29. The molecule has 3 fully saturated rings. The van der Waals surface area contributed by atoms with Crippen LogP contribution in [0.1, 0.15) is 58.9 Å². The van der Waals surface area contributed by atoms with Crippen molar-refractivity contribution in [2.24, 2.45) is 0 Å². The number of aromatic nitrogens is 2. The summed E-state index contributed by atoms with van der Waals surface area (Å²) in [6.07, 6.45) is 2.66. The summed E-state index contributed by atoms with van der Waals surface area (Å²) in [7, 11) is 0. The minimum atomic E-state index is -3.08. The molecule has 1 N–H and O–H groups in total. The van der Waals surface area contributed by atoms with E-state index in [0.29, 0.717) is 30.9 Å². The average molecular weight is 592 g/mol. The molecule has 2 aromatic carbocycles. The van der Waals surface area contributed by atoms with Crippen molar-refractivity contribution in [1.82, 2.24) is 25.1 Å². The molecule has 7 rings (SSSR count). The number of halogens is 2. The monoisotopic (exact) mass is 591 g/mol. The second-order valence-corrected chi connectivity index (χ2v) is 11.8. The highest BCUT2D eigenvalue weighted by Crippen LogP contribution is 2.35. The molecular formula is C31H31F2N5O5. The van der Waals surface area contributed by atoms with Crippen LogP contribution in [-0.4, -0.2) is 81.9 Å². The Balaban J connectivity index is 1.01. The van der Waals surface area contributed by atoms with Crippen LogP contribution in [0.2, 0.25) is 0 Å². The molecule has 0 unspecified atom stereocenters. The maximum Gasteiger partial charge on any atom is 0.297 e. The first-order valence-corrected chi connectivity index (χ1v) is 14.6. The Morgan fingerprint density at radius 3 is 2.72 bits per heavy atom. The maximum absolute atomic E-state index is 15.1. The first-order chi connectivity index (χ1) is 20.7. The largest absolute Gasteiger partial charge is 0.483 e. The number of imide groups is 1. The number of amides is 3. The number of rotatable bonds is 6. The van der Waals surface area contributed by atoms with Gasteiger partial charge in [0.1, 0.15) is 17.6 Å². The number of fused-ring (bicyclic) bond motifs is 2. The van der Waals surface area contributed by atoms with Gasteiger partial charge in [-0.3, -0.25) is 24.6 Å². The Morgan fingerprint density at radius 2 is 1.91 bits per heavy atom. The average Bonchev–Trinajstić information content (AvgIpc) is 3.46. The lowest BCUT2D eigenvalue weighted by molar-refractivity contribution is -0.136. The van der Waals surface area contributed by atoms with Gasteiger partial charge in [-0.2, -0.15) is 0 Å². The molecule has 1 aromatic heterocycles. The van der Waals surface area contributed by atoms with Crippen molar-refractivity contribution >= 4 is 28.6 Å². The van der Waals surface area contributed by atoms with Crippen molar-refractivity contribution in [1.29, 1.82) is 0 Å². The fourth-order valence-electron chi connectivity index (χ4n) is 6.47. The van der Waals surface area contributed by atoms with Gasteiger partial charge in [-0.25, -0.2) is 18.7 Å². The number of carbonyl (C=O) groups is 3. The van der Waals surface area contributed by atoms with Crippen molar-refractivity contribution in [3.8, 4) is 5.75 Å². The third kappa shape index (κ3) is 5.45. The van der Waals surface area contributed by atoms with Gasteiger partial charge < -0.3 is 14.4 Å². The van der Waals surface area contributed by atoms with E-state index in [-0.39, 0.29) is 49.4 Å². The second kappa shape index (κ2) is 10.9. The summed E-state index contributed by atoms with van der Waals surface area (Å²) < 4.78 is 41.5. The Kier molecular flexibility index (Phi) is 7.05. The van der Waals surface area contributed by atoms with Gasteiger partial charge in [0.2, 0.25) is 11.8 Å². The van der Waals surface area contributed by atoms with E-state index in [4.69, 9.17) is 14.5 Å². The van der Waals surface area contributed by atoms with E-state index in [1.807, 2.05) is 18.2 Å². The summed E-state index contributed by atoms with van der Waals surface area (Å²) in [5.74, 6) is -2.91. The first-order valence-electron chi connectivity index (χ1n) is 14.6. The van der Waals surface area contributed by atoms with Crippen LogP contribution in [0.15, 0.2) is 42.6 Å². The Bertz CT molecular complexity index is 1610. The predicted molar refractivity (Wildman–Crippen MR) is 149 cm³/mol. The number of nitrogens with one attached hydrogen (secondary N) is 1. The van der Waals surface area contributed by atoms with Crippen molar-refractivity contribution in [3.05, 3.63) is 65.1 Å². The van der Waals surface area contributed by atoms with E-state index < -0.39 is 30.5 Å². The van der Waals surface area contributed by atoms with Gasteiger partial charge in [-0.1, -0.05) is 6.07 Å². The normalized spacial score (nSPS) is 24.4. The van der Waals surface area contributed by atoms with Gasteiger partial charge in [-0.05, 0) is 60.7 Å². The predicted octanol–water partition coefficient (Wildman–Crippen LogP) is 3.18. The van der Waals surface area contributed by atoms with Gasteiger partial charge in [-0.15, -0.1) is 0 Å². The second-order valence-electron chi connectivity index (χ2n) is 11.8. The molecule has 0 aliphatic carbocycles. The highest BCUT2D eigenvalue weighted by molar-refractivity contribution is 6.05. The molecule has 2 atom stereocenters. The maximum atomic E-state index is 15.1. The third-order valence-electron chi connectivity index (χ3n) is 8.76. The molecule has 0 saturated carbocycles. The number of alkyl halides is 2. The molecule has 43 heavy (non-hydrogen) atoms. The Hall–Kier alpha value is -4.03. The number of ether oxygens (including phenoxy) is 2. The van der Waals surface area contributed by atoms with Crippen LogP contribution in [-0.2, 0) is 27.4 Å². The van der Waals surface area contributed by atoms with Gasteiger partial charge in [0.05, 0.1) is 12.1 Å². The summed E-state index contributed by atoms with van der Waals surface area (Å²) in [4.78, 5) is 49.2. The van der Waals surface area contributed by atoms with E-state index in [0.717, 1.165) is 35.1 Å². The van der Waals surface area contributed by atoms with Gasteiger partial charge in [0.25, 0.3) is 11.8 Å². The summed E-state index contributed by atoms with van der Waals surface area (Å²) in [5.41, 5.74) is 2.72. The number of likely N-dealkylation sites (tertiary alicyclic amines) is 1. The summed E-state index contributed by atoms with van der Waals surface area (Å²) >= 11 is 0. The molecule has 3 amide bonds. The van der Waals surface area contributed by atoms with Crippen molar-refractivity contribution in [2.75, 3.05) is 26.3 Å². The highest BCUT2D eigenvalue weighted by Gasteiger charge is 2.50. The van der Waals surface area contributed by atoms with Crippen LogP contribution in [0.4, 0.5) is 8.78 Å². The van der Waals surface area contributed by atoms with E-state index >= 15 is 8.78 Å². The number of piperidine rings is 1. The lowest BCUT2D eigenvalue weighted by atomic mass is 9.99. The van der Waals surface area contributed by atoms with Crippen LogP contribution in [0, 0.1) is 0 Å². The molecule has 0 bridgehead atoms. The molecule has 3 saturated heterocycles. The molecular weight excluding hydrogens is 560 g/mol. The van der Waals surface area contributed by atoms with Gasteiger partial charge in [0.15, 0.2) is 6.10 Å². The number of hydrogen-bond acceptors (Lipinski definition) is 8. The smallest absolute Gasteiger partial charge is 0.297 e. The standard InChI is InChI=1S/C31H31F2N5O5/c32-31(33)17-37(14-18-1-4-24-20(11-18)13-34-28(35-24)19-7-9-42-10-8-19)16-26(31)43-22-2-3-23-21(12-22)15-38(30(23)41)25-5-6-27(39)36-29(25)40/h1-4,11-13,19,25-26H,5-10,14-17H2,(H,36,39,40)/t25-,26+/m0/s1. The SMILES string of the molecule is O=C1CC[C@H](N2Cc3cc(O[C@@H]4CN(Cc5ccc6nc(C7CCOCC7)ncc6c5)CC4(F)F)ccc3C2=O)C(=O)N1. The minimum Gasteiger partial charge on any atom is -0.483 e. The van der Waals surface area contributed by atoms with Crippen molar-refractivity contribution in [2.45, 2.75) is 62.8 Å². The lowest BCUT2D eigenvalue weighted by Crippen LogP contribution is -2.52. The minimum absolute atomic E-state index is 0.0304. The zero-order valence-electron chi connectivity index (χ0n) is 23.4. The van der Waals surface area contributed by atoms with Crippen LogP contribution < -0.4 is 10.1 Å². The van der Waals surface area contributed by atoms with Crippen molar-refractivity contribution < 1.29 is 32.6 Å². The molecule has 4 aliphatic rings. The van der Waals surface area contributed by atoms with Crippen LogP contribution in [0.5, 0.6) is 5.75 Å². The summed E-state index contributed by atoms with van der Waals surface area (Å²) in [6, 6.07) is 9.69. The molecule has 224 valence electrons. The van der Waals surface area contributed by atoms with E-state index in [1.54, 1.807) is 23.2 Å². The van der Waals surface area contributed by atoms with Crippen LogP contribution in [0.3, 0.4) is 0 Å². The quantitative estimate of drug-likeness (QED) is 0.435. The van der Waals surface area contributed by atoms with E-state index in [2.05, 4.69) is 10.3 Å². The zero-order chi connectivity index (χ0) is 29.7. The Labute approximate surface area is 246 Å². The number of hydrogen-bond donors (Lipinski definition) is 1. The van der Waals surface area contributed by atoms with Crippen molar-refractivity contribution in [3.63, 3.8) is 0 Å². The molecule has 0 radical (unpaired) electrons. The first kappa shape index (κ1) is 27.8. The molecule has 12 heteroatoms. The van der Waals surface area contributed by atoms with E-state index in [1.165, 1.54) is 11.0 Å². The fraction of sp³-hybridized carbons (Fsp3) is 0.452. The van der Waals surface area contributed by atoms with Gasteiger partial charge >= 0.3 is 0 Å². The number of nitrogens with zero attached hydrogens (tertiary/aromatic N) is 4. The zero-order valence-corrected chi connectivity index (χ0v) is 23.4. The third-order valence-corrected chi connectivity index (χ3v) is 8.76. The molecule has 5 heterocycles. The number of carbonyl (C=O) groups excluding carboxylic acids is 3. The highest BCUT2D eigenvalue weighted by atomic mass is 19.3. The number of benzene rings is 2. The van der Waals surface area contributed by atoms with Gasteiger partial charge in [0, 0.05) is 62.3 Å². The molecule has 4 aliphatic heterocycles. The van der Waals surface area contributed by atoms with E-state index in [9.17, 15) is 14.4 Å². The van der Waals surface area contributed by atoms with Crippen LogP contribution in [0.25, 0.3) is 10.9 Å². The van der Waals surface area contributed by atoms with Crippen LogP contribution >= 0.6 is 0 Å². The molecule has 10 nitrogen and oxygen atoms in total. The Morgan fingerprint density at radius 1 is 1.07 bits per heavy atom. The fourth-order valence-corrected chi connectivity index (χ4v) is 6.47. The summed E-state index contributed by atoms with van der Waals surface area (Å²) in [6.45, 7) is 1.49. The topological polar surface area (TPSA) is 114 Å². The molecule has 3 aromatic rings. The molecule has 0 spiro atoms. The summed E-state index contributed by atoms with van der Waals surface area (Å²) in [5, 5.41) is 3.14.